The van der Waals surface area contributed by atoms with Gasteiger partial charge in [-0.05, 0) is 37.5 Å². The predicted octanol–water partition coefficient (Wildman–Crippen LogP) is 2.62. The highest BCUT2D eigenvalue weighted by Gasteiger charge is 2.54. The fourth-order valence-electron chi connectivity index (χ4n) is 3.38. The Labute approximate surface area is 132 Å². The lowest BCUT2D eigenvalue weighted by molar-refractivity contribution is -0.142. The molecule has 0 amide bonds. The standard InChI is InChI=1S/C13H13Cl2NO4S/c14-7-1-4-12(10(15)5-7)21(19,20)16-8-2-3-11(16)9(6-8)13(17)18/h1,4-5,8-9,11H,2-3,6H2,(H,17,18). The highest BCUT2D eigenvalue weighted by atomic mass is 35.5. The molecule has 2 bridgehead atoms. The Balaban J connectivity index is 2.02. The van der Waals surface area contributed by atoms with Crippen LogP contribution in [0.3, 0.4) is 0 Å². The van der Waals surface area contributed by atoms with Gasteiger partial charge < -0.3 is 5.11 Å². The number of carboxylic acid groups (broad SMARTS) is 1. The molecule has 0 radical (unpaired) electrons. The van der Waals surface area contributed by atoms with Crippen LogP contribution in [0.15, 0.2) is 23.1 Å². The fraction of sp³-hybridized carbons (Fsp3) is 0.462. The third-order valence-electron chi connectivity index (χ3n) is 4.24. The SMILES string of the molecule is O=C(O)C1CC2CCC1N2S(=O)(=O)c1ccc(Cl)cc1Cl. The van der Waals surface area contributed by atoms with Crippen LogP contribution >= 0.6 is 23.2 Å². The molecular weight excluding hydrogens is 337 g/mol. The first-order valence-electron chi connectivity index (χ1n) is 6.54. The molecule has 21 heavy (non-hydrogen) atoms. The zero-order chi connectivity index (χ0) is 15.4. The Bertz CT molecular complexity index is 706. The van der Waals surface area contributed by atoms with Crippen LogP contribution in [0.1, 0.15) is 19.3 Å². The van der Waals surface area contributed by atoms with Crippen molar-refractivity contribution in [1.82, 2.24) is 4.31 Å². The number of benzene rings is 1. The van der Waals surface area contributed by atoms with Crippen LogP contribution in [0.4, 0.5) is 0 Å². The summed E-state index contributed by atoms with van der Waals surface area (Å²) in [6.45, 7) is 0. The molecule has 0 aromatic heterocycles. The smallest absolute Gasteiger partial charge is 0.308 e. The second kappa shape index (κ2) is 5.12. The maximum Gasteiger partial charge on any atom is 0.308 e. The van der Waals surface area contributed by atoms with Crippen molar-refractivity contribution in [2.24, 2.45) is 5.92 Å². The van der Waals surface area contributed by atoms with E-state index in [4.69, 9.17) is 23.2 Å². The van der Waals surface area contributed by atoms with Gasteiger partial charge in [0.2, 0.25) is 10.0 Å². The summed E-state index contributed by atoms with van der Waals surface area (Å²) >= 11 is 11.8. The average Bonchev–Trinajstić information content (AvgIpc) is 2.96. The molecule has 114 valence electrons. The minimum atomic E-state index is -3.81. The number of carboxylic acids is 1. The molecule has 2 heterocycles. The van der Waals surface area contributed by atoms with Crippen molar-refractivity contribution in [2.45, 2.75) is 36.2 Å². The zero-order valence-corrected chi connectivity index (χ0v) is 13.2. The van der Waals surface area contributed by atoms with Gasteiger partial charge in [0.25, 0.3) is 0 Å². The van der Waals surface area contributed by atoms with E-state index in [1.54, 1.807) is 0 Å². The molecule has 2 aliphatic rings. The third-order valence-corrected chi connectivity index (χ3v) is 6.94. The Kier molecular flexibility index (Phi) is 3.68. The molecule has 2 aliphatic heterocycles. The van der Waals surface area contributed by atoms with Crippen LogP contribution in [0.25, 0.3) is 0 Å². The van der Waals surface area contributed by atoms with Gasteiger partial charge in [0.15, 0.2) is 0 Å². The maximum absolute atomic E-state index is 12.8. The number of nitrogens with zero attached hydrogens (tertiary/aromatic N) is 1. The Hall–Kier alpha value is -0.820. The largest absolute Gasteiger partial charge is 0.481 e. The van der Waals surface area contributed by atoms with E-state index in [1.807, 2.05) is 0 Å². The summed E-state index contributed by atoms with van der Waals surface area (Å²) in [5.74, 6) is -1.57. The van der Waals surface area contributed by atoms with E-state index in [0.29, 0.717) is 24.3 Å². The molecule has 3 unspecified atom stereocenters. The van der Waals surface area contributed by atoms with E-state index in [2.05, 4.69) is 0 Å². The van der Waals surface area contributed by atoms with Crippen LogP contribution < -0.4 is 0 Å². The molecule has 1 aromatic carbocycles. The molecule has 0 saturated carbocycles. The normalized spacial score (nSPS) is 29.0. The summed E-state index contributed by atoms with van der Waals surface area (Å²) in [6, 6.07) is 3.47. The zero-order valence-electron chi connectivity index (χ0n) is 10.9. The van der Waals surface area contributed by atoms with Gasteiger partial charge in [-0.15, -0.1) is 0 Å². The van der Waals surface area contributed by atoms with E-state index >= 15 is 0 Å². The predicted molar refractivity (Wildman–Crippen MR) is 78.0 cm³/mol. The first kappa shape index (κ1) is 15.1. The van der Waals surface area contributed by atoms with Crippen molar-refractivity contribution in [3.8, 4) is 0 Å². The van der Waals surface area contributed by atoms with Crippen LogP contribution in [0.5, 0.6) is 0 Å². The number of sulfonamides is 1. The van der Waals surface area contributed by atoms with Gasteiger partial charge in [-0.2, -0.15) is 4.31 Å². The quantitative estimate of drug-likeness (QED) is 0.909. The summed E-state index contributed by atoms with van der Waals surface area (Å²) in [7, 11) is -3.81. The number of hydrogen-bond donors (Lipinski definition) is 1. The van der Waals surface area contributed by atoms with Gasteiger partial charge in [0.1, 0.15) is 4.90 Å². The van der Waals surface area contributed by atoms with Gasteiger partial charge in [-0.3, -0.25) is 4.79 Å². The molecule has 3 atom stereocenters. The molecule has 0 spiro atoms. The molecule has 1 aromatic rings. The lowest BCUT2D eigenvalue weighted by Gasteiger charge is -2.23. The third kappa shape index (κ3) is 2.34. The number of fused-ring (bicyclic) bond motifs is 2. The van der Waals surface area contributed by atoms with Crippen molar-refractivity contribution in [3.05, 3.63) is 28.2 Å². The monoisotopic (exact) mass is 349 g/mol. The van der Waals surface area contributed by atoms with E-state index in [0.717, 1.165) is 0 Å². The second-order valence-electron chi connectivity index (χ2n) is 5.39. The second-order valence-corrected chi connectivity index (χ2v) is 8.04. The van der Waals surface area contributed by atoms with Crippen LogP contribution in [-0.2, 0) is 14.8 Å². The lowest BCUT2D eigenvalue weighted by atomic mass is 9.89. The summed E-state index contributed by atoms with van der Waals surface area (Å²) < 4.78 is 26.9. The van der Waals surface area contributed by atoms with Gasteiger partial charge in [-0.25, -0.2) is 8.42 Å². The molecule has 0 aliphatic carbocycles. The van der Waals surface area contributed by atoms with Gasteiger partial charge >= 0.3 is 5.97 Å². The van der Waals surface area contributed by atoms with Crippen molar-refractivity contribution in [3.63, 3.8) is 0 Å². The number of carbonyl (C=O) groups is 1. The van der Waals surface area contributed by atoms with E-state index in [1.165, 1.54) is 22.5 Å². The first-order chi connectivity index (χ1) is 9.82. The molecule has 2 saturated heterocycles. The van der Waals surface area contributed by atoms with Crippen LogP contribution in [0.2, 0.25) is 10.0 Å². The number of hydrogen-bond acceptors (Lipinski definition) is 3. The van der Waals surface area contributed by atoms with Crippen molar-refractivity contribution >= 4 is 39.2 Å². The average molecular weight is 350 g/mol. The topological polar surface area (TPSA) is 74.7 Å². The van der Waals surface area contributed by atoms with Gasteiger partial charge in [-0.1, -0.05) is 23.2 Å². The Morgan fingerprint density at radius 1 is 1.29 bits per heavy atom. The van der Waals surface area contributed by atoms with Gasteiger partial charge in [0.05, 0.1) is 10.9 Å². The van der Waals surface area contributed by atoms with Crippen molar-refractivity contribution in [2.75, 3.05) is 0 Å². The van der Waals surface area contributed by atoms with Gasteiger partial charge in [0, 0.05) is 17.1 Å². The molecule has 8 heteroatoms. The summed E-state index contributed by atoms with van der Waals surface area (Å²) in [5.41, 5.74) is 0. The first-order valence-corrected chi connectivity index (χ1v) is 8.73. The van der Waals surface area contributed by atoms with E-state index in [-0.39, 0.29) is 16.0 Å². The summed E-state index contributed by atoms with van der Waals surface area (Å²) in [5, 5.41) is 9.63. The van der Waals surface area contributed by atoms with Crippen LogP contribution in [0, 0.1) is 5.92 Å². The van der Waals surface area contributed by atoms with E-state index < -0.39 is 28.0 Å². The van der Waals surface area contributed by atoms with Crippen molar-refractivity contribution < 1.29 is 18.3 Å². The maximum atomic E-state index is 12.8. The van der Waals surface area contributed by atoms with Crippen LogP contribution in [-0.4, -0.2) is 35.9 Å². The Morgan fingerprint density at radius 3 is 2.57 bits per heavy atom. The fourth-order valence-corrected chi connectivity index (χ4v) is 6.04. The summed E-state index contributed by atoms with van der Waals surface area (Å²) in [6.07, 6.45) is 1.63. The van der Waals surface area contributed by atoms with Crippen molar-refractivity contribution in [1.29, 1.82) is 0 Å². The highest BCUT2D eigenvalue weighted by Crippen LogP contribution is 2.45. The molecule has 1 N–H and O–H groups in total. The molecule has 2 fully saturated rings. The molecule has 5 nitrogen and oxygen atoms in total. The minimum Gasteiger partial charge on any atom is -0.481 e. The number of halogens is 2. The number of aliphatic carboxylic acids is 1. The summed E-state index contributed by atoms with van der Waals surface area (Å²) in [4.78, 5) is 11.2. The highest BCUT2D eigenvalue weighted by molar-refractivity contribution is 7.89. The number of rotatable bonds is 3. The van der Waals surface area contributed by atoms with E-state index in [9.17, 15) is 18.3 Å². The molecule has 3 rings (SSSR count). The lowest BCUT2D eigenvalue weighted by Crippen LogP contribution is -2.37. The Morgan fingerprint density at radius 2 is 2.00 bits per heavy atom. The minimum absolute atomic E-state index is 0.0171. The molecular formula is C13H13Cl2NO4S.